The molecule has 0 aliphatic rings. The van der Waals surface area contributed by atoms with Gasteiger partial charge in [0, 0.05) is 17.7 Å². The molecule has 0 radical (unpaired) electrons. The van der Waals surface area contributed by atoms with E-state index in [-0.39, 0.29) is 0 Å². The zero-order chi connectivity index (χ0) is 20.8. The van der Waals surface area contributed by atoms with Crippen LogP contribution in [0.5, 0.6) is 17.2 Å². The SMILES string of the molecule is COc1ccccc1CNc1nc(-c2ccc(Oc3ccccc3)cc2)cnc1N. The number of nitrogens with one attached hydrogen (secondary N) is 1. The zero-order valence-electron chi connectivity index (χ0n) is 16.6. The summed E-state index contributed by atoms with van der Waals surface area (Å²) in [7, 11) is 1.65. The number of hydrogen-bond acceptors (Lipinski definition) is 6. The number of aromatic nitrogens is 2. The summed E-state index contributed by atoms with van der Waals surface area (Å²) < 4.78 is 11.2. The topological polar surface area (TPSA) is 82.3 Å². The monoisotopic (exact) mass is 398 g/mol. The van der Waals surface area contributed by atoms with Gasteiger partial charge in [-0.05, 0) is 42.5 Å². The van der Waals surface area contributed by atoms with Crippen molar-refractivity contribution >= 4 is 11.6 Å². The second-order valence-electron chi connectivity index (χ2n) is 6.59. The Morgan fingerprint density at radius 1 is 0.867 bits per heavy atom. The molecule has 0 amide bonds. The quantitative estimate of drug-likeness (QED) is 0.449. The lowest BCUT2D eigenvalue weighted by molar-refractivity contribution is 0.410. The highest BCUT2D eigenvalue weighted by molar-refractivity contribution is 5.66. The van der Waals surface area contributed by atoms with Crippen LogP contribution in [0.25, 0.3) is 11.3 Å². The molecule has 0 fully saturated rings. The lowest BCUT2D eigenvalue weighted by atomic mass is 10.1. The minimum atomic E-state index is 0.345. The molecule has 6 heteroatoms. The van der Waals surface area contributed by atoms with Crippen molar-refractivity contribution in [3.8, 4) is 28.5 Å². The third kappa shape index (κ3) is 4.50. The highest BCUT2D eigenvalue weighted by Crippen LogP contribution is 2.27. The fourth-order valence-electron chi connectivity index (χ4n) is 3.01. The molecular formula is C24H22N4O2. The van der Waals surface area contributed by atoms with Gasteiger partial charge in [0.15, 0.2) is 11.6 Å². The lowest BCUT2D eigenvalue weighted by Crippen LogP contribution is -2.07. The fraction of sp³-hybridized carbons (Fsp3) is 0.0833. The number of rotatable bonds is 7. The van der Waals surface area contributed by atoms with E-state index in [1.54, 1.807) is 13.3 Å². The highest BCUT2D eigenvalue weighted by atomic mass is 16.5. The Morgan fingerprint density at radius 2 is 1.57 bits per heavy atom. The van der Waals surface area contributed by atoms with Crippen molar-refractivity contribution in [3.63, 3.8) is 0 Å². The third-order valence-corrected chi connectivity index (χ3v) is 4.57. The predicted molar refractivity (Wildman–Crippen MR) is 119 cm³/mol. The summed E-state index contributed by atoms with van der Waals surface area (Å²) in [6.07, 6.45) is 1.66. The fourth-order valence-corrected chi connectivity index (χ4v) is 3.01. The summed E-state index contributed by atoms with van der Waals surface area (Å²) in [6.45, 7) is 0.524. The van der Waals surface area contributed by atoms with Crippen LogP contribution in [0, 0.1) is 0 Å². The maximum absolute atomic E-state index is 6.02. The third-order valence-electron chi connectivity index (χ3n) is 4.57. The van der Waals surface area contributed by atoms with Crippen LogP contribution < -0.4 is 20.5 Å². The number of nitrogens with two attached hydrogens (primary N) is 1. The number of hydrogen-bond donors (Lipinski definition) is 2. The molecule has 0 atom stereocenters. The van der Waals surface area contributed by atoms with Crippen molar-refractivity contribution < 1.29 is 9.47 Å². The summed E-state index contributed by atoms with van der Waals surface area (Å²) in [6, 6.07) is 25.2. The van der Waals surface area contributed by atoms with E-state index in [4.69, 9.17) is 15.2 Å². The minimum Gasteiger partial charge on any atom is -0.496 e. The summed E-state index contributed by atoms with van der Waals surface area (Å²) >= 11 is 0. The zero-order valence-corrected chi connectivity index (χ0v) is 16.6. The van der Waals surface area contributed by atoms with Gasteiger partial charge in [-0.2, -0.15) is 0 Å². The molecule has 0 aliphatic carbocycles. The van der Waals surface area contributed by atoms with Crippen LogP contribution in [-0.4, -0.2) is 17.1 Å². The predicted octanol–water partition coefficient (Wildman–Crippen LogP) is 5.14. The molecule has 0 saturated heterocycles. The Morgan fingerprint density at radius 3 is 2.33 bits per heavy atom. The van der Waals surface area contributed by atoms with Crippen LogP contribution >= 0.6 is 0 Å². The van der Waals surface area contributed by atoms with E-state index >= 15 is 0 Å². The Hall–Kier alpha value is -4.06. The molecule has 150 valence electrons. The Balaban J connectivity index is 1.50. The first-order valence-electron chi connectivity index (χ1n) is 9.54. The van der Waals surface area contributed by atoms with Crippen molar-refractivity contribution in [1.82, 2.24) is 9.97 Å². The van der Waals surface area contributed by atoms with E-state index in [9.17, 15) is 0 Å². The molecule has 0 bridgehead atoms. The van der Waals surface area contributed by atoms with Crippen molar-refractivity contribution in [2.75, 3.05) is 18.2 Å². The number of methoxy groups -OCH3 is 1. The summed E-state index contributed by atoms with van der Waals surface area (Å²) in [5.74, 6) is 3.23. The maximum Gasteiger partial charge on any atom is 0.169 e. The van der Waals surface area contributed by atoms with Crippen LogP contribution in [-0.2, 0) is 6.54 Å². The summed E-state index contributed by atoms with van der Waals surface area (Å²) in [5, 5.41) is 3.25. The molecule has 1 aromatic heterocycles. The Kier molecular flexibility index (Phi) is 5.75. The van der Waals surface area contributed by atoms with E-state index in [2.05, 4.69) is 15.3 Å². The van der Waals surface area contributed by atoms with Crippen molar-refractivity contribution in [1.29, 1.82) is 0 Å². The van der Waals surface area contributed by atoms with Gasteiger partial charge in [0.1, 0.15) is 17.2 Å². The molecule has 3 aromatic carbocycles. The summed E-state index contributed by atoms with van der Waals surface area (Å²) in [5.41, 5.74) is 8.67. The second kappa shape index (κ2) is 8.96. The van der Waals surface area contributed by atoms with Gasteiger partial charge in [-0.1, -0.05) is 36.4 Å². The smallest absolute Gasteiger partial charge is 0.169 e. The molecule has 3 N–H and O–H groups in total. The molecule has 0 spiro atoms. The highest BCUT2D eigenvalue weighted by Gasteiger charge is 2.09. The van der Waals surface area contributed by atoms with Crippen LogP contribution in [0.3, 0.4) is 0 Å². The van der Waals surface area contributed by atoms with Crippen molar-refractivity contribution in [3.05, 3.63) is 90.6 Å². The van der Waals surface area contributed by atoms with Crippen molar-refractivity contribution in [2.24, 2.45) is 0 Å². The maximum atomic E-state index is 6.02. The lowest BCUT2D eigenvalue weighted by Gasteiger charge is -2.12. The number of anilines is 2. The largest absolute Gasteiger partial charge is 0.496 e. The first kappa shape index (κ1) is 19.3. The van der Waals surface area contributed by atoms with E-state index in [1.807, 2.05) is 78.9 Å². The number of ether oxygens (including phenoxy) is 2. The van der Waals surface area contributed by atoms with Gasteiger partial charge in [-0.3, -0.25) is 0 Å². The van der Waals surface area contributed by atoms with Crippen LogP contribution in [0.4, 0.5) is 11.6 Å². The molecule has 4 aromatic rings. The second-order valence-corrected chi connectivity index (χ2v) is 6.59. The van der Waals surface area contributed by atoms with Crippen LogP contribution in [0.2, 0.25) is 0 Å². The van der Waals surface area contributed by atoms with Crippen LogP contribution in [0.1, 0.15) is 5.56 Å². The van der Waals surface area contributed by atoms with Gasteiger partial charge in [0.25, 0.3) is 0 Å². The van der Waals surface area contributed by atoms with Gasteiger partial charge in [-0.25, -0.2) is 9.97 Å². The molecule has 6 nitrogen and oxygen atoms in total. The molecule has 4 rings (SSSR count). The van der Waals surface area contributed by atoms with Gasteiger partial charge in [-0.15, -0.1) is 0 Å². The minimum absolute atomic E-state index is 0.345. The summed E-state index contributed by atoms with van der Waals surface area (Å²) in [4.78, 5) is 8.94. The molecule has 0 saturated carbocycles. The molecule has 1 heterocycles. The van der Waals surface area contributed by atoms with Gasteiger partial charge in [0.2, 0.25) is 0 Å². The number of nitrogens with zero attached hydrogens (tertiary/aromatic N) is 2. The first-order valence-corrected chi connectivity index (χ1v) is 9.54. The van der Waals surface area contributed by atoms with Gasteiger partial charge < -0.3 is 20.5 Å². The number of para-hydroxylation sites is 2. The average molecular weight is 398 g/mol. The van der Waals surface area contributed by atoms with E-state index < -0.39 is 0 Å². The standard InChI is InChI=1S/C24H22N4O2/c1-29-22-10-6-5-7-18(22)15-27-24-23(25)26-16-21(28-24)17-11-13-20(14-12-17)30-19-8-3-2-4-9-19/h2-14,16H,15H2,1H3,(H2,25,26)(H,27,28). The Bertz CT molecular complexity index is 1120. The number of nitrogen functional groups attached to an aromatic ring is 1. The van der Waals surface area contributed by atoms with E-state index in [1.165, 1.54) is 0 Å². The normalized spacial score (nSPS) is 10.4. The average Bonchev–Trinajstić information content (AvgIpc) is 2.80. The van der Waals surface area contributed by atoms with Crippen molar-refractivity contribution in [2.45, 2.75) is 6.54 Å². The van der Waals surface area contributed by atoms with E-state index in [0.29, 0.717) is 18.2 Å². The van der Waals surface area contributed by atoms with E-state index in [0.717, 1.165) is 34.1 Å². The van der Waals surface area contributed by atoms with Gasteiger partial charge >= 0.3 is 0 Å². The van der Waals surface area contributed by atoms with Crippen LogP contribution in [0.15, 0.2) is 85.1 Å². The first-order chi connectivity index (χ1) is 14.7. The molecule has 0 aliphatic heterocycles. The molecule has 30 heavy (non-hydrogen) atoms. The molecule has 0 unspecified atom stereocenters. The number of benzene rings is 3. The molecular weight excluding hydrogens is 376 g/mol. The Labute approximate surface area is 175 Å². The van der Waals surface area contributed by atoms with Gasteiger partial charge in [0.05, 0.1) is 19.0 Å².